The quantitative estimate of drug-likeness (QED) is 0.506. The van der Waals surface area contributed by atoms with Gasteiger partial charge in [0.2, 0.25) is 0 Å². The monoisotopic (exact) mass is 440 g/mol. The highest BCUT2D eigenvalue weighted by Crippen LogP contribution is 2.24. The number of anilines is 1. The summed E-state index contributed by atoms with van der Waals surface area (Å²) in [6.45, 7) is 8.27. The average molecular weight is 441 g/mol. The zero-order valence-corrected chi connectivity index (χ0v) is 19.3. The minimum atomic E-state index is 0.209. The Kier molecular flexibility index (Phi) is 8.01. The van der Waals surface area contributed by atoms with Gasteiger partial charge in [-0.3, -0.25) is 9.89 Å². The molecule has 0 radical (unpaired) electrons. The summed E-state index contributed by atoms with van der Waals surface area (Å²) in [5, 5.41) is 6.90. The molecule has 4 rings (SSSR count). The van der Waals surface area contributed by atoms with Crippen LogP contribution in [0.15, 0.2) is 46.1 Å². The molecule has 2 aliphatic heterocycles. The van der Waals surface area contributed by atoms with Crippen molar-refractivity contribution in [3.8, 4) is 0 Å². The fraction of sp³-hybridized carbons (Fsp3) is 0.583. The molecular weight excluding hydrogens is 404 g/mol. The average Bonchev–Trinajstić information content (AvgIpc) is 3.37. The second-order valence-electron chi connectivity index (χ2n) is 8.59. The van der Waals surface area contributed by atoms with Crippen LogP contribution in [0.4, 0.5) is 5.82 Å². The summed E-state index contributed by atoms with van der Waals surface area (Å²) in [5.74, 6) is 2.80. The lowest BCUT2D eigenvalue weighted by Crippen LogP contribution is -2.44. The number of likely N-dealkylation sites (tertiary alicyclic amines) is 1. The van der Waals surface area contributed by atoms with Gasteiger partial charge in [-0.25, -0.2) is 4.98 Å². The van der Waals surface area contributed by atoms with Crippen molar-refractivity contribution in [1.82, 2.24) is 20.5 Å². The van der Waals surface area contributed by atoms with Gasteiger partial charge >= 0.3 is 0 Å². The molecule has 0 aliphatic carbocycles. The SMILES string of the molecule is CN=C(NCc1ccc(N2CCOC(C)C2)nc1)NCC(c1ccco1)N1CCCCC1. The summed E-state index contributed by atoms with van der Waals surface area (Å²) < 4.78 is 11.4. The van der Waals surface area contributed by atoms with E-state index >= 15 is 0 Å². The Bertz CT molecular complexity index is 833. The Labute approximate surface area is 191 Å². The van der Waals surface area contributed by atoms with Crippen LogP contribution in [0.5, 0.6) is 0 Å². The van der Waals surface area contributed by atoms with Gasteiger partial charge in [0, 0.05) is 39.4 Å². The molecule has 2 aromatic rings. The molecule has 2 fully saturated rings. The Morgan fingerprint density at radius 2 is 2.06 bits per heavy atom. The van der Waals surface area contributed by atoms with Gasteiger partial charge in [-0.05, 0) is 56.6 Å². The summed E-state index contributed by atoms with van der Waals surface area (Å²) in [4.78, 5) is 13.9. The smallest absolute Gasteiger partial charge is 0.191 e. The van der Waals surface area contributed by atoms with Gasteiger partial charge in [-0.15, -0.1) is 0 Å². The maximum Gasteiger partial charge on any atom is 0.191 e. The van der Waals surface area contributed by atoms with Gasteiger partial charge in [0.05, 0.1) is 25.0 Å². The number of nitrogens with zero attached hydrogens (tertiary/aromatic N) is 4. The van der Waals surface area contributed by atoms with Crippen LogP contribution in [0.3, 0.4) is 0 Å². The zero-order chi connectivity index (χ0) is 22.2. The van der Waals surface area contributed by atoms with E-state index in [-0.39, 0.29) is 12.1 Å². The first-order valence-electron chi connectivity index (χ1n) is 11.8. The molecule has 0 spiro atoms. The summed E-state index contributed by atoms with van der Waals surface area (Å²) in [5.41, 5.74) is 1.12. The number of aliphatic imine (C=N–C) groups is 1. The molecule has 0 amide bonds. The van der Waals surface area contributed by atoms with Crippen LogP contribution in [-0.4, -0.2) is 68.3 Å². The molecule has 2 aromatic heterocycles. The van der Waals surface area contributed by atoms with Gasteiger partial charge < -0.3 is 24.7 Å². The molecule has 8 nitrogen and oxygen atoms in total. The van der Waals surface area contributed by atoms with E-state index in [0.717, 1.165) is 62.4 Å². The number of ether oxygens (including phenoxy) is 1. The van der Waals surface area contributed by atoms with Gasteiger partial charge in [0.15, 0.2) is 5.96 Å². The van der Waals surface area contributed by atoms with Crippen LogP contribution in [0.1, 0.15) is 43.6 Å². The lowest BCUT2D eigenvalue weighted by molar-refractivity contribution is 0.0529. The van der Waals surface area contributed by atoms with E-state index in [2.05, 4.69) is 55.5 Å². The molecule has 2 atom stereocenters. The number of piperidine rings is 1. The van der Waals surface area contributed by atoms with E-state index in [9.17, 15) is 0 Å². The number of pyridine rings is 1. The minimum absolute atomic E-state index is 0.209. The van der Waals surface area contributed by atoms with Gasteiger partial charge in [-0.1, -0.05) is 12.5 Å². The number of guanidine groups is 1. The van der Waals surface area contributed by atoms with Crippen molar-refractivity contribution >= 4 is 11.8 Å². The first-order valence-corrected chi connectivity index (χ1v) is 11.8. The fourth-order valence-electron chi connectivity index (χ4n) is 4.46. The lowest BCUT2D eigenvalue weighted by atomic mass is 10.1. The van der Waals surface area contributed by atoms with E-state index in [1.165, 1.54) is 19.3 Å². The molecule has 32 heavy (non-hydrogen) atoms. The number of nitrogens with one attached hydrogen (secondary N) is 2. The van der Waals surface area contributed by atoms with Crippen LogP contribution in [-0.2, 0) is 11.3 Å². The van der Waals surface area contributed by atoms with E-state index in [1.54, 1.807) is 13.3 Å². The van der Waals surface area contributed by atoms with E-state index in [1.807, 2.05) is 12.3 Å². The third kappa shape index (κ3) is 6.01. The second-order valence-corrected chi connectivity index (χ2v) is 8.59. The van der Waals surface area contributed by atoms with E-state index in [0.29, 0.717) is 6.54 Å². The molecule has 0 saturated carbocycles. The fourth-order valence-corrected chi connectivity index (χ4v) is 4.46. The van der Waals surface area contributed by atoms with Crippen LogP contribution < -0.4 is 15.5 Å². The number of hydrogen-bond donors (Lipinski definition) is 2. The number of hydrogen-bond acceptors (Lipinski definition) is 6. The van der Waals surface area contributed by atoms with Gasteiger partial charge in [0.25, 0.3) is 0 Å². The summed E-state index contributed by atoms with van der Waals surface area (Å²) in [6, 6.07) is 8.46. The Hall–Kier alpha value is -2.58. The lowest BCUT2D eigenvalue weighted by Gasteiger charge is -2.33. The number of aromatic nitrogens is 1. The highest BCUT2D eigenvalue weighted by molar-refractivity contribution is 5.79. The molecule has 4 heterocycles. The van der Waals surface area contributed by atoms with Gasteiger partial charge in [0.1, 0.15) is 11.6 Å². The molecule has 174 valence electrons. The van der Waals surface area contributed by atoms with Crippen molar-refractivity contribution in [2.24, 2.45) is 4.99 Å². The highest BCUT2D eigenvalue weighted by Gasteiger charge is 2.24. The Balaban J connectivity index is 1.29. The molecule has 2 N–H and O–H groups in total. The maximum absolute atomic E-state index is 5.75. The summed E-state index contributed by atoms with van der Waals surface area (Å²) >= 11 is 0. The topological polar surface area (TPSA) is 78.2 Å². The largest absolute Gasteiger partial charge is 0.468 e. The zero-order valence-electron chi connectivity index (χ0n) is 19.3. The first kappa shape index (κ1) is 22.6. The van der Waals surface area contributed by atoms with Crippen molar-refractivity contribution in [3.63, 3.8) is 0 Å². The van der Waals surface area contributed by atoms with Gasteiger partial charge in [-0.2, -0.15) is 0 Å². The van der Waals surface area contributed by atoms with Crippen molar-refractivity contribution < 1.29 is 9.15 Å². The van der Waals surface area contributed by atoms with Crippen molar-refractivity contribution in [2.45, 2.75) is 44.9 Å². The minimum Gasteiger partial charge on any atom is -0.468 e. The van der Waals surface area contributed by atoms with Crippen LogP contribution in [0.25, 0.3) is 0 Å². The van der Waals surface area contributed by atoms with Crippen LogP contribution >= 0.6 is 0 Å². The van der Waals surface area contributed by atoms with E-state index in [4.69, 9.17) is 9.15 Å². The molecule has 2 unspecified atom stereocenters. The maximum atomic E-state index is 5.75. The molecule has 0 aromatic carbocycles. The highest BCUT2D eigenvalue weighted by atomic mass is 16.5. The standard InChI is InChI=1S/C24H36N6O2/c1-19-18-30(12-14-31-19)23-9-8-20(15-26-23)16-27-24(25-2)28-17-21(22-7-6-13-32-22)29-10-4-3-5-11-29/h6-9,13,15,19,21H,3-5,10-12,14,16-18H2,1-2H3,(H2,25,27,28). The Morgan fingerprint density at radius 1 is 1.19 bits per heavy atom. The first-order chi connectivity index (χ1) is 15.7. The predicted octanol–water partition coefficient (Wildman–Crippen LogP) is 2.79. The number of rotatable bonds is 7. The van der Waals surface area contributed by atoms with Crippen molar-refractivity contribution in [1.29, 1.82) is 0 Å². The molecule has 0 bridgehead atoms. The van der Waals surface area contributed by atoms with E-state index < -0.39 is 0 Å². The Morgan fingerprint density at radius 3 is 2.75 bits per heavy atom. The third-order valence-electron chi connectivity index (χ3n) is 6.22. The summed E-state index contributed by atoms with van der Waals surface area (Å²) in [7, 11) is 1.80. The molecule has 2 saturated heterocycles. The molecular formula is C24H36N6O2. The molecule has 2 aliphatic rings. The summed E-state index contributed by atoms with van der Waals surface area (Å²) in [6.07, 6.45) is 7.75. The normalized spacial score (nSPS) is 21.4. The molecule has 8 heteroatoms. The van der Waals surface area contributed by atoms with Crippen LogP contribution in [0.2, 0.25) is 0 Å². The van der Waals surface area contributed by atoms with Crippen molar-refractivity contribution in [3.05, 3.63) is 48.0 Å². The second kappa shape index (κ2) is 11.3. The number of furan rings is 1. The predicted molar refractivity (Wildman–Crippen MR) is 127 cm³/mol. The van der Waals surface area contributed by atoms with Crippen LogP contribution in [0, 0.1) is 0 Å². The third-order valence-corrected chi connectivity index (χ3v) is 6.22. The number of morpholine rings is 1. The van der Waals surface area contributed by atoms with Crippen molar-refractivity contribution in [2.75, 3.05) is 51.3 Å².